The number of pyridine rings is 2. The number of piperidine rings is 1. The molecule has 2 saturated heterocycles. The number of para-hydroxylation sites is 1. The molecule has 0 spiro atoms. The zero-order chi connectivity index (χ0) is 42.4. The van der Waals surface area contributed by atoms with Crippen LogP contribution in [0.1, 0.15) is 42.5 Å². The van der Waals surface area contributed by atoms with E-state index in [9.17, 15) is 19.2 Å². The van der Waals surface area contributed by atoms with Crippen molar-refractivity contribution in [1.29, 1.82) is 0 Å². The Hall–Kier alpha value is -6.42. The van der Waals surface area contributed by atoms with Crippen LogP contribution in [0, 0.1) is 11.7 Å². The number of anilines is 1. The molecule has 3 aromatic heterocycles. The maximum Gasteiger partial charge on any atom is 0.329 e. The molecule has 3 aromatic carbocycles. The summed E-state index contributed by atoms with van der Waals surface area (Å²) in [7, 11) is 6.12. The molecule has 0 bridgehead atoms. The fourth-order valence-corrected chi connectivity index (χ4v) is 9.09. The average molecular weight is 822 g/mol. The summed E-state index contributed by atoms with van der Waals surface area (Å²) in [5.74, 6) is -3.32. The summed E-state index contributed by atoms with van der Waals surface area (Å²) in [6, 6.07) is 11.9. The first-order chi connectivity index (χ1) is 28.7. The van der Waals surface area contributed by atoms with Crippen LogP contribution in [0.15, 0.2) is 70.5 Å². The Bertz CT molecular complexity index is 2890. The van der Waals surface area contributed by atoms with E-state index in [2.05, 4.69) is 22.1 Å². The van der Waals surface area contributed by atoms with Crippen molar-refractivity contribution in [3.8, 4) is 33.8 Å². The molecule has 3 aliphatic heterocycles. The fourth-order valence-electron chi connectivity index (χ4n) is 9.09. The molecule has 0 aliphatic carbocycles. The van der Waals surface area contributed by atoms with E-state index in [1.165, 1.54) is 52.0 Å². The summed E-state index contributed by atoms with van der Waals surface area (Å²) in [6.45, 7) is 2.95. The van der Waals surface area contributed by atoms with E-state index in [1.807, 2.05) is 6.07 Å². The Morgan fingerprint density at radius 2 is 1.65 bits per heavy atom. The second-order valence-electron chi connectivity index (χ2n) is 16.1. The lowest BCUT2D eigenvalue weighted by atomic mass is 9.90. The number of rotatable bonds is 8. The second-order valence-corrected chi connectivity index (χ2v) is 16.1. The number of nitrogens with one attached hydrogen (secondary N) is 1. The van der Waals surface area contributed by atoms with Crippen LogP contribution in [0.2, 0.25) is 0 Å². The molecule has 60 heavy (non-hydrogen) atoms. The summed E-state index contributed by atoms with van der Waals surface area (Å²) in [5, 5.41) is 3.42. The molecule has 16 heteroatoms. The molecule has 3 aliphatic rings. The van der Waals surface area contributed by atoms with Gasteiger partial charge in [-0.3, -0.25) is 33.7 Å². The minimum atomic E-state index is -3.49. The van der Waals surface area contributed by atoms with E-state index < -0.39 is 47.4 Å². The summed E-state index contributed by atoms with van der Waals surface area (Å²) < 4.78 is 64.8. The third-order valence-electron chi connectivity index (χ3n) is 12.1. The zero-order valence-electron chi connectivity index (χ0n) is 33.6. The van der Waals surface area contributed by atoms with E-state index in [1.54, 1.807) is 49.8 Å². The molecule has 9 rings (SSSR count). The molecule has 6 aromatic rings. The minimum absolute atomic E-state index is 0.0531. The molecule has 6 heterocycles. The number of carbonyl (C=O) groups is 2. The number of nitrogens with zero attached hydrogens (tertiary/aromatic N) is 6. The van der Waals surface area contributed by atoms with Crippen molar-refractivity contribution >= 4 is 39.4 Å². The number of imidazole rings is 1. The van der Waals surface area contributed by atoms with Crippen molar-refractivity contribution < 1.29 is 32.2 Å². The minimum Gasteiger partial charge on any atom is -0.496 e. The van der Waals surface area contributed by atoms with Crippen LogP contribution in [0.4, 0.5) is 19.0 Å². The van der Waals surface area contributed by atoms with Crippen molar-refractivity contribution in [2.24, 2.45) is 20.0 Å². The van der Waals surface area contributed by atoms with Gasteiger partial charge < -0.3 is 18.9 Å². The van der Waals surface area contributed by atoms with Gasteiger partial charge in [-0.15, -0.1) is 0 Å². The van der Waals surface area contributed by atoms with Crippen molar-refractivity contribution in [3.63, 3.8) is 0 Å². The number of amides is 2. The predicted octanol–water partition coefficient (Wildman–Crippen LogP) is 5.62. The normalized spacial score (nSPS) is 18.1. The van der Waals surface area contributed by atoms with Crippen LogP contribution >= 0.6 is 0 Å². The maximum atomic E-state index is 16.4. The van der Waals surface area contributed by atoms with E-state index in [0.717, 1.165) is 24.5 Å². The first-order valence-electron chi connectivity index (χ1n) is 19.6. The van der Waals surface area contributed by atoms with Gasteiger partial charge in [0.1, 0.15) is 29.2 Å². The highest BCUT2D eigenvalue weighted by Gasteiger charge is 2.43. The number of fused-ring (bicyclic) bond motifs is 3. The van der Waals surface area contributed by atoms with E-state index >= 15 is 13.2 Å². The predicted molar refractivity (Wildman–Crippen MR) is 219 cm³/mol. The van der Waals surface area contributed by atoms with Gasteiger partial charge in [0.15, 0.2) is 0 Å². The van der Waals surface area contributed by atoms with Crippen LogP contribution in [0.3, 0.4) is 0 Å². The highest BCUT2D eigenvalue weighted by atomic mass is 19.3. The van der Waals surface area contributed by atoms with Gasteiger partial charge in [0, 0.05) is 86.7 Å². The quantitative estimate of drug-likeness (QED) is 0.195. The first-order valence-corrected chi connectivity index (χ1v) is 19.6. The molecule has 0 saturated carbocycles. The van der Waals surface area contributed by atoms with Gasteiger partial charge in [0.25, 0.3) is 11.5 Å². The number of methoxy groups -OCH3 is 2. The topological polar surface area (TPSA) is 133 Å². The summed E-state index contributed by atoms with van der Waals surface area (Å²) >= 11 is 0. The van der Waals surface area contributed by atoms with Gasteiger partial charge in [-0.1, -0.05) is 19.1 Å². The number of halogens is 3. The van der Waals surface area contributed by atoms with Gasteiger partial charge in [0.05, 0.1) is 42.7 Å². The van der Waals surface area contributed by atoms with E-state index in [0.29, 0.717) is 55.9 Å². The maximum absolute atomic E-state index is 16.4. The molecular weight excluding hydrogens is 780 g/mol. The summed E-state index contributed by atoms with van der Waals surface area (Å²) in [5.41, 5.74) is 1.71. The Morgan fingerprint density at radius 1 is 0.933 bits per heavy atom. The lowest BCUT2D eigenvalue weighted by molar-refractivity contribution is -0.135. The smallest absolute Gasteiger partial charge is 0.329 e. The Kier molecular flexibility index (Phi) is 9.37. The third-order valence-corrected chi connectivity index (χ3v) is 12.1. The van der Waals surface area contributed by atoms with Crippen LogP contribution < -0.4 is 30.9 Å². The Balaban J connectivity index is 1.06. The average Bonchev–Trinajstić information content (AvgIpc) is 3.46. The molecule has 0 radical (unpaired) electrons. The monoisotopic (exact) mass is 821 g/mol. The zero-order valence-corrected chi connectivity index (χ0v) is 33.6. The van der Waals surface area contributed by atoms with Crippen LogP contribution in [0.25, 0.3) is 44.1 Å². The highest BCUT2D eigenvalue weighted by Crippen LogP contribution is 2.44. The molecule has 310 valence electrons. The number of carbonyl (C=O) groups excluding carboxylic acids is 2. The second kappa shape index (κ2) is 14.4. The fraction of sp³-hybridized carbons (Fsp3) is 0.341. The standard InChI is InChI=1S/C44H42F3N7O6/c1-23-17-53(18-23)38-15-27-28(16-48-38)42(57)50(2)19-29(27)25-13-36(59-4)31(37(14-25)60-5)21-52-20-30-32(44(46,47)22-52)11-24(12-33(30)45)26-7-6-8-34-40(26)51(3)43(58)54(34)35-9-10-39(55)49-41(35)56/h6-8,11-16,19,23,35H,9-10,17-18,20-22H2,1-5H3,(H,49,55,56). The first kappa shape index (κ1) is 39.1. The third kappa shape index (κ3) is 6.31. The molecule has 2 fully saturated rings. The van der Waals surface area contributed by atoms with Crippen LogP contribution in [-0.2, 0) is 42.7 Å². The molecule has 1 N–H and O–H groups in total. The van der Waals surface area contributed by atoms with Gasteiger partial charge in [-0.2, -0.15) is 8.78 Å². The van der Waals surface area contributed by atoms with Crippen LogP contribution in [-0.4, -0.2) is 69.3 Å². The molecule has 13 nitrogen and oxygen atoms in total. The molecular formula is C44H42F3N7O6. The number of aromatic nitrogens is 4. The number of hydrogen-bond donors (Lipinski definition) is 1. The molecule has 2 amide bonds. The van der Waals surface area contributed by atoms with Crippen molar-refractivity contribution in [2.75, 3.05) is 38.8 Å². The van der Waals surface area contributed by atoms with Gasteiger partial charge >= 0.3 is 5.69 Å². The number of hydrogen-bond acceptors (Lipinski definition) is 9. The van der Waals surface area contributed by atoms with Gasteiger partial charge in [-0.25, -0.2) is 14.2 Å². The molecule has 1 atom stereocenters. The summed E-state index contributed by atoms with van der Waals surface area (Å²) in [6.07, 6.45) is 3.52. The van der Waals surface area contributed by atoms with Crippen molar-refractivity contribution in [2.45, 2.75) is 44.8 Å². The van der Waals surface area contributed by atoms with Crippen LogP contribution in [0.5, 0.6) is 11.5 Å². The Morgan fingerprint density at radius 3 is 2.33 bits per heavy atom. The summed E-state index contributed by atoms with van der Waals surface area (Å²) in [4.78, 5) is 59.5. The van der Waals surface area contributed by atoms with E-state index in [-0.39, 0.29) is 42.6 Å². The highest BCUT2D eigenvalue weighted by molar-refractivity contribution is 6.01. The number of alkyl halides is 2. The lowest BCUT2D eigenvalue weighted by Gasteiger charge is -2.38. The Labute approximate surface area is 341 Å². The molecule has 1 unspecified atom stereocenters. The van der Waals surface area contributed by atoms with E-state index in [4.69, 9.17) is 9.47 Å². The lowest BCUT2D eigenvalue weighted by Crippen LogP contribution is -2.45. The van der Waals surface area contributed by atoms with Gasteiger partial charge in [0.2, 0.25) is 11.8 Å². The van der Waals surface area contributed by atoms with Crippen molar-refractivity contribution in [1.82, 2.24) is 28.9 Å². The van der Waals surface area contributed by atoms with Crippen molar-refractivity contribution in [3.05, 3.63) is 104 Å². The van der Waals surface area contributed by atoms with Gasteiger partial charge in [-0.05, 0) is 59.9 Å². The number of benzene rings is 3. The largest absolute Gasteiger partial charge is 0.496 e. The number of aryl methyl sites for hydroxylation is 2. The SMILES string of the molecule is COc1cc(-c2cn(C)c(=O)c3cnc(N4CC(C)C4)cc23)cc(OC)c1CN1Cc2c(F)cc(-c3cccc4c3n(C)c(=O)n4C3CCC(=O)NC3=O)cc2C(F)(F)C1. The number of imide groups is 1. The number of ether oxygens (including phenoxy) is 2.